The third kappa shape index (κ3) is 12.8. The van der Waals surface area contributed by atoms with Crippen molar-refractivity contribution in [3.63, 3.8) is 0 Å². The molecule has 18 heteroatoms. The lowest BCUT2D eigenvalue weighted by atomic mass is 9.83. The van der Waals surface area contributed by atoms with Crippen LogP contribution in [0.3, 0.4) is 0 Å². The first-order valence-corrected chi connectivity index (χ1v) is 30.3. The summed E-state index contributed by atoms with van der Waals surface area (Å²) in [6.07, 6.45) is 10.5. The number of rotatable bonds is 18. The summed E-state index contributed by atoms with van der Waals surface area (Å²) >= 11 is 2.99. The molecule has 2 aliphatic heterocycles. The number of carbonyl (C=O) groups excluding carboxylic acids is 6. The molecular weight excluding hydrogens is 1040 g/mol. The first-order chi connectivity index (χ1) is 38.8. The molecule has 10 rings (SSSR count). The topological polar surface area (TPSA) is 207 Å². The van der Waals surface area contributed by atoms with Crippen molar-refractivity contribution in [2.24, 2.45) is 11.8 Å². The van der Waals surface area contributed by atoms with Crippen molar-refractivity contribution in [1.82, 2.24) is 51.7 Å². The Morgan fingerprint density at radius 2 is 0.912 bits per heavy atom. The number of hydrogen-bond acceptors (Lipinski definition) is 12. The summed E-state index contributed by atoms with van der Waals surface area (Å²) in [5.41, 5.74) is 4.46. The van der Waals surface area contributed by atoms with Gasteiger partial charge in [-0.15, -0.1) is 22.7 Å². The number of hydrogen-bond donors (Lipinski definition) is 6. The van der Waals surface area contributed by atoms with Gasteiger partial charge in [0.05, 0.1) is 35.6 Å². The number of aromatic nitrogens is 2. The molecule has 0 spiro atoms. The maximum absolute atomic E-state index is 15.0. The van der Waals surface area contributed by atoms with Crippen LogP contribution >= 0.6 is 22.7 Å². The lowest BCUT2D eigenvalue weighted by molar-refractivity contribution is -0.139. The zero-order chi connectivity index (χ0) is 55.9. The Kier molecular flexibility index (Phi) is 18.1. The SMILES string of the molecule is CNC(C)C(=O)NC(C(=O)N1CC(NC(=O)c2ccc3cc(C(=O)NC4CC(c5nc(-c6ccccc6)cs5)N(C(=O)C(NC(=O)C(C)NC)C5CCCCC5)C4)ccc3c2)CC1c1nc(-c2ccccc2)cs1)C1CCCCC1. The molecular formula is C62H74N10O6S2. The first-order valence-electron chi connectivity index (χ1n) is 28.6. The Bertz CT molecular complexity index is 2950. The normalized spacial score (nSPS) is 21.4. The molecule has 4 fully saturated rings. The summed E-state index contributed by atoms with van der Waals surface area (Å²) in [4.78, 5) is 99.0. The van der Waals surface area contributed by atoms with E-state index < -0.39 is 48.3 Å². The van der Waals surface area contributed by atoms with Crippen molar-refractivity contribution < 1.29 is 28.8 Å². The zero-order valence-electron chi connectivity index (χ0n) is 46.1. The maximum Gasteiger partial charge on any atom is 0.251 e. The van der Waals surface area contributed by atoms with Gasteiger partial charge in [-0.2, -0.15) is 0 Å². The molecule has 4 aliphatic rings. The predicted octanol–water partition coefficient (Wildman–Crippen LogP) is 8.58. The molecule has 8 atom stereocenters. The van der Waals surface area contributed by atoms with Crippen LogP contribution in [0.4, 0.5) is 0 Å². The second kappa shape index (κ2) is 25.7. The van der Waals surface area contributed by atoms with E-state index in [-0.39, 0.29) is 60.4 Å². The molecule has 80 heavy (non-hydrogen) atoms. The van der Waals surface area contributed by atoms with E-state index in [0.717, 1.165) is 108 Å². The van der Waals surface area contributed by atoms with Crippen LogP contribution in [-0.4, -0.2) is 119 Å². The van der Waals surface area contributed by atoms with E-state index in [1.165, 1.54) is 22.7 Å². The third-order valence-corrected chi connectivity index (χ3v) is 18.9. The maximum atomic E-state index is 15.0. The van der Waals surface area contributed by atoms with Gasteiger partial charge in [-0.25, -0.2) is 9.97 Å². The quantitative estimate of drug-likeness (QED) is 0.0483. The van der Waals surface area contributed by atoms with E-state index >= 15 is 0 Å². The fourth-order valence-electron chi connectivity index (χ4n) is 12.1. The molecule has 4 aromatic carbocycles. The summed E-state index contributed by atoms with van der Waals surface area (Å²) < 4.78 is 0. The molecule has 16 nitrogen and oxygen atoms in total. The van der Waals surface area contributed by atoms with Gasteiger partial charge in [0.25, 0.3) is 11.8 Å². The summed E-state index contributed by atoms with van der Waals surface area (Å²) in [6.45, 7) is 4.07. The van der Waals surface area contributed by atoms with E-state index in [9.17, 15) is 28.8 Å². The molecule has 4 heterocycles. The molecule has 6 N–H and O–H groups in total. The van der Waals surface area contributed by atoms with Crippen molar-refractivity contribution in [3.8, 4) is 22.5 Å². The molecule has 2 saturated heterocycles. The zero-order valence-corrected chi connectivity index (χ0v) is 47.8. The second-order valence-electron chi connectivity index (χ2n) is 22.3. The van der Waals surface area contributed by atoms with Crippen LogP contribution in [0.5, 0.6) is 0 Å². The molecule has 420 valence electrons. The second-order valence-corrected chi connectivity index (χ2v) is 24.0. The van der Waals surface area contributed by atoms with Gasteiger partial charge in [-0.3, -0.25) is 28.8 Å². The number of benzene rings is 4. The molecule has 8 unspecified atom stereocenters. The average molecular weight is 1120 g/mol. The third-order valence-electron chi connectivity index (χ3n) is 17.0. The van der Waals surface area contributed by atoms with Crippen molar-refractivity contribution in [2.75, 3.05) is 27.2 Å². The fourth-order valence-corrected chi connectivity index (χ4v) is 14.0. The smallest absolute Gasteiger partial charge is 0.251 e. The molecule has 0 bridgehead atoms. The number of nitrogens with one attached hydrogen (secondary N) is 6. The van der Waals surface area contributed by atoms with Crippen LogP contribution in [0, 0.1) is 11.8 Å². The Morgan fingerprint density at radius 3 is 1.29 bits per heavy atom. The van der Waals surface area contributed by atoms with Crippen LogP contribution in [0.15, 0.2) is 108 Å². The van der Waals surface area contributed by atoms with E-state index in [1.807, 2.05) is 105 Å². The Balaban J connectivity index is 0.850. The highest BCUT2D eigenvalue weighted by Crippen LogP contribution is 2.40. The Labute approximate surface area is 476 Å². The van der Waals surface area contributed by atoms with E-state index in [4.69, 9.17) is 9.97 Å². The van der Waals surface area contributed by atoms with Crippen LogP contribution in [0.2, 0.25) is 0 Å². The minimum Gasteiger partial charge on any atom is -0.347 e. The van der Waals surface area contributed by atoms with Gasteiger partial charge >= 0.3 is 0 Å². The summed E-state index contributed by atoms with van der Waals surface area (Å²) in [5, 5.41) is 25.9. The molecule has 6 aromatic rings. The lowest BCUT2D eigenvalue weighted by Gasteiger charge is -2.35. The summed E-state index contributed by atoms with van der Waals surface area (Å²) in [5.74, 6) is -1.35. The number of nitrogens with zero attached hydrogens (tertiary/aromatic N) is 4. The highest BCUT2D eigenvalue weighted by atomic mass is 32.1. The molecule has 2 aliphatic carbocycles. The van der Waals surface area contributed by atoms with Crippen molar-refractivity contribution in [3.05, 3.63) is 129 Å². The number of likely N-dealkylation sites (tertiary alicyclic amines) is 2. The van der Waals surface area contributed by atoms with Gasteiger partial charge in [0.1, 0.15) is 22.1 Å². The van der Waals surface area contributed by atoms with Crippen LogP contribution in [0.1, 0.15) is 134 Å². The lowest BCUT2D eigenvalue weighted by Crippen LogP contribution is -2.56. The van der Waals surface area contributed by atoms with E-state index in [2.05, 4.69) is 31.9 Å². The monoisotopic (exact) mass is 1120 g/mol. The van der Waals surface area contributed by atoms with Crippen molar-refractivity contribution in [2.45, 2.75) is 139 Å². The standard InChI is InChI=1S/C62H74N10O6S2/c1-37(63-3)55(73)69-53(41-21-13-7-14-22-41)61(77)71-33-47(31-51(71)59-67-49(35-79-59)39-17-9-5-10-18-39)65-57(75)45-27-25-44-30-46(28-26-43(44)29-45)58(76)66-48-32-52(60-68-50(36-80-60)40-19-11-6-12-20-40)72(34-48)62(78)54(42-23-15-8-16-24-42)70-56(74)38(2)64-4/h5-6,9-12,17-20,25-30,35-38,41-42,47-48,51-54,63-64H,7-8,13-16,21-24,31-34H2,1-4H3,(H,65,75)(H,66,76)(H,69,73)(H,70,74). The van der Waals surface area contributed by atoms with E-state index in [1.54, 1.807) is 40.1 Å². The molecule has 6 amide bonds. The number of carbonyl (C=O) groups is 6. The highest BCUT2D eigenvalue weighted by Gasteiger charge is 2.46. The Morgan fingerprint density at radius 1 is 0.525 bits per heavy atom. The Hall–Kier alpha value is -6.86. The van der Waals surface area contributed by atoms with Gasteiger partial charge in [0.2, 0.25) is 23.6 Å². The summed E-state index contributed by atoms with van der Waals surface area (Å²) in [7, 11) is 3.46. The fraction of sp³-hybridized carbons (Fsp3) is 0.452. The number of fused-ring (bicyclic) bond motifs is 1. The van der Waals surface area contributed by atoms with Gasteiger partial charge in [-0.1, -0.05) is 111 Å². The number of amides is 6. The predicted molar refractivity (Wildman–Crippen MR) is 314 cm³/mol. The van der Waals surface area contributed by atoms with Crippen molar-refractivity contribution >= 4 is 68.9 Å². The molecule has 0 radical (unpaired) electrons. The van der Waals surface area contributed by atoms with Crippen molar-refractivity contribution in [1.29, 1.82) is 0 Å². The van der Waals surface area contributed by atoms with Gasteiger partial charge < -0.3 is 41.7 Å². The van der Waals surface area contributed by atoms with Gasteiger partial charge in [-0.05, 0) is 113 Å². The van der Waals surface area contributed by atoms with E-state index in [0.29, 0.717) is 24.0 Å². The minimum atomic E-state index is -0.709. The van der Waals surface area contributed by atoms with Crippen LogP contribution in [-0.2, 0) is 19.2 Å². The minimum absolute atomic E-state index is 0.00359. The molecule has 2 saturated carbocycles. The number of likely N-dealkylation sites (N-methyl/N-ethyl adjacent to an activating group) is 2. The average Bonchev–Trinajstić information content (AvgIpc) is 4.54. The summed E-state index contributed by atoms with van der Waals surface area (Å²) in [6, 6.07) is 26.6. The highest BCUT2D eigenvalue weighted by molar-refractivity contribution is 7.10. The molecule has 2 aromatic heterocycles. The van der Waals surface area contributed by atoms with Gasteiger partial charge in [0, 0.05) is 58.2 Å². The van der Waals surface area contributed by atoms with Gasteiger partial charge in [0.15, 0.2) is 0 Å². The van der Waals surface area contributed by atoms with Crippen LogP contribution < -0.4 is 31.9 Å². The first kappa shape index (κ1) is 56.4. The van der Waals surface area contributed by atoms with Crippen LogP contribution in [0.25, 0.3) is 33.3 Å². The largest absolute Gasteiger partial charge is 0.347 e. The number of thiazole rings is 2.